The molecule has 3 rings (SSSR count). The molecular formula is C18H26N3O3S+. The molecule has 25 heavy (non-hydrogen) atoms. The van der Waals surface area contributed by atoms with Crippen molar-refractivity contribution in [3.8, 4) is 0 Å². The number of carbonyl (C=O) groups is 2. The quantitative estimate of drug-likeness (QED) is 0.711. The summed E-state index contributed by atoms with van der Waals surface area (Å²) in [6.45, 7) is 5.91. The van der Waals surface area contributed by atoms with Gasteiger partial charge in [-0.1, -0.05) is 12.1 Å². The van der Waals surface area contributed by atoms with E-state index in [1.165, 1.54) is 4.90 Å². The number of anilines is 1. The predicted molar refractivity (Wildman–Crippen MR) is 98.1 cm³/mol. The molecule has 0 radical (unpaired) electrons. The Labute approximate surface area is 152 Å². The van der Waals surface area contributed by atoms with Crippen molar-refractivity contribution in [1.29, 1.82) is 0 Å². The minimum Gasteiger partial charge on any atom is -0.370 e. The summed E-state index contributed by atoms with van der Waals surface area (Å²) in [6.07, 6.45) is 1.14. The van der Waals surface area contributed by atoms with E-state index < -0.39 is 0 Å². The zero-order chi connectivity index (χ0) is 17.5. The third-order valence-electron chi connectivity index (χ3n) is 4.59. The minimum atomic E-state index is 0.0692. The van der Waals surface area contributed by atoms with Gasteiger partial charge in [0.15, 0.2) is 0 Å². The summed E-state index contributed by atoms with van der Waals surface area (Å²) in [4.78, 5) is 28.6. The molecule has 2 N–H and O–H groups in total. The van der Waals surface area contributed by atoms with Crippen LogP contribution in [-0.4, -0.2) is 63.5 Å². The fourth-order valence-corrected chi connectivity index (χ4v) is 4.11. The minimum absolute atomic E-state index is 0.0692. The lowest BCUT2D eigenvalue weighted by Crippen LogP contribution is -3.14. The number of quaternary nitrogens is 1. The summed E-state index contributed by atoms with van der Waals surface area (Å²) in [5.74, 6) is 0.672. The Morgan fingerprint density at radius 1 is 1.28 bits per heavy atom. The number of benzene rings is 1. The van der Waals surface area contributed by atoms with Gasteiger partial charge in [-0.15, -0.1) is 11.8 Å². The maximum absolute atomic E-state index is 12.2. The van der Waals surface area contributed by atoms with Crippen LogP contribution in [0.1, 0.15) is 12.8 Å². The van der Waals surface area contributed by atoms with Gasteiger partial charge in [0.25, 0.3) is 0 Å². The number of hydrogen-bond acceptors (Lipinski definition) is 4. The molecule has 1 aromatic rings. The van der Waals surface area contributed by atoms with E-state index >= 15 is 0 Å². The number of hydrogen-bond donors (Lipinski definition) is 2. The molecule has 0 saturated carbocycles. The van der Waals surface area contributed by atoms with Gasteiger partial charge in [-0.2, -0.15) is 0 Å². The Morgan fingerprint density at radius 2 is 2.08 bits per heavy atom. The lowest BCUT2D eigenvalue weighted by molar-refractivity contribution is -0.906. The van der Waals surface area contributed by atoms with E-state index in [0.717, 1.165) is 43.4 Å². The summed E-state index contributed by atoms with van der Waals surface area (Å²) in [5, 5.41) is 2.99. The van der Waals surface area contributed by atoms with Gasteiger partial charge in [0.05, 0.1) is 37.7 Å². The van der Waals surface area contributed by atoms with Crippen molar-refractivity contribution in [1.82, 2.24) is 5.32 Å². The lowest BCUT2D eigenvalue weighted by Gasteiger charge is -2.28. The van der Waals surface area contributed by atoms with Crippen LogP contribution in [0.3, 0.4) is 0 Å². The molecular weight excluding hydrogens is 338 g/mol. The van der Waals surface area contributed by atoms with Gasteiger partial charge < -0.3 is 19.9 Å². The van der Waals surface area contributed by atoms with E-state index in [1.807, 2.05) is 29.2 Å². The summed E-state index contributed by atoms with van der Waals surface area (Å²) in [6, 6.07) is 7.96. The standard InChI is InChI=1S/C18H25N3O3S/c22-17(19-7-9-20-10-12-24-13-11-20)6-3-8-21-15-4-1-2-5-16(15)25-14-18(21)23/h1-2,4-5H,3,6-14H2,(H,19,22)/p+1. The number of nitrogens with one attached hydrogen (secondary N) is 2. The van der Waals surface area contributed by atoms with Crippen LogP contribution >= 0.6 is 11.8 Å². The third kappa shape index (κ3) is 5.20. The summed E-state index contributed by atoms with van der Waals surface area (Å²) in [5.41, 5.74) is 0.972. The van der Waals surface area contributed by atoms with Crippen molar-refractivity contribution in [2.45, 2.75) is 17.7 Å². The molecule has 6 nitrogen and oxygen atoms in total. The van der Waals surface area contributed by atoms with E-state index in [0.29, 0.717) is 31.7 Å². The van der Waals surface area contributed by atoms with Crippen molar-refractivity contribution in [2.24, 2.45) is 0 Å². The summed E-state index contributed by atoms with van der Waals surface area (Å²) >= 11 is 1.58. The van der Waals surface area contributed by atoms with Crippen LogP contribution in [0.25, 0.3) is 0 Å². The Morgan fingerprint density at radius 3 is 2.92 bits per heavy atom. The van der Waals surface area contributed by atoms with Crippen LogP contribution in [0.2, 0.25) is 0 Å². The second-order valence-electron chi connectivity index (χ2n) is 6.37. The number of morpholine rings is 1. The highest BCUT2D eigenvalue weighted by Gasteiger charge is 2.24. The molecule has 1 fully saturated rings. The van der Waals surface area contributed by atoms with Gasteiger partial charge in [0.2, 0.25) is 11.8 Å². The van der Waals surface area contributed by atoms with Crippen molar-refractivity contribution in [3.05, 3.63) is 24.3 Å². The molecule has 0 aromatic heterocycles. The molecule has 1 saturated heterocycles. The fourth-order valence-electron chi connectivity index (χ4n) is 3.17. The second-order valence-corrected chi connectivity index (χ2v) is 7.38. The summed E-state index contributed by atoms with van der Waals surface area (Å²) in [7, 11) is 0. The molecule has 2 heterocycles. The molecule has 0 aliphatic carbocycles. The van der Waals surface area contributed by atoms with Crippen molar-refractivity contribution in [3.63, 3.8) is 0 Å². The number of amides is 2. The first kappa shape index (κ1) is 18.2. The number of fused-ring (bicyclic) bond motifs is 1. The van der Waals surface area contributed by atoms with E-state index in [2.05, 4.69) is 5.32 Å². The van der Waals surface area contributed by atoms with Crippen LogP contribution in [0.15, 0.2) is 29.2 Å². The zero-order valence-electron chi connectivity index (χ0n) is 14.5. The lowest BCUT2D eigenvalue weighted by atomic mass is 10.2. The van der Waals surface area contributed by atoms with E-state index in [4.69, 9.17) is 4.74 Å². The molecule has 0 unspecified atom stereocenters. The predicted octanol–water partition coefficient (Wildman–Crippen LogP) is -0.0632. The smallest absolute Gasteiger partial charge is 0.237 e. The zero-order valence-corrected chi connectivity index (χ0v) is 15.3. The van der Waals surface area contributed by atoms with Crippen LogP contribution in [-0.2, 0) is 14.3 Å². The molecule has 136 valence electrons. The van der Waals surface area contributed by atoms with Crippen molar-refractivity contribution < 1.29 is 19.2 Å². The molecule has 1 aromatic carbocycles. The SMILES string of the molecule is O=C(CCCN1C(=O)CSc2ccccc21)NCC[NH+]1CCOCC1. The van der Waals surface area contributed by atoms with Crippen LogP contribution in [0, 0.1) is 0 Å². The Kier molecular flexibility index (Phi) is 6.72. The average Bonchev–Trinajstić information content (AvgIpc) is 2.64. The van der Waals surface area contributed by atoms with Crippen molar-refractivity contribution in [2.75, 3.05) is 56.6 Å². The monoisotopic (exact) mass is 364 g/mol. The summed E-state index contributed by atoms with van der Waals surface area (Å²) < 4.78 is 5.33. The molecule has 7 heteroatoms. The highest BCUT2D eigenvalue weighted by Crippen LogP contribution is 2.34. The first-order valence-electron chi connectivity index (χ1n) is 8.94. The maximum atomic E-state index is 12.2. The van der Waals surface area contributed by atoms with Crippen molar-refractivity contribution >= 4 is 29.3 Å². The van der Waals surface area contributed by atoms with Crippen LogP contribution < -0.4 is 15.1 Å². The highest BCUT2D eigenvalue weighted by molar-refractivity contribution is 8.00. The normalized spacial score (nSPS) is 18.1. The van der Waals surface area contributed by atoms with E-state index in [9.17, 15) is 9.59 Å². The maximum Gasteiger partial charge on any atom is 0.237 e. The number of para-hydroxylation sites is 1. The molecule has 2 aliphatic rings. The number of nitrogens with zero attached hydrogens (tertiary/aromatic N) is 1. The van der Waals surface area contributed by atoms with Gasteiger partial charge in [-0.3, -0.25) is 9.59 Å². The molecule has 2 amide bonds. The van der Waals surface area contributed by atoms with Crippen LogP contribution in [0.4, 0.5) is 5.69 Å². The molecule has 0 atom stereocenters. The Bertz CT molecular complexity index is 605. The van der Waals surface area contributed by atoms with E-state index in [1.54, 1.807) is 11.8 Å². The van der Waals surface area contributed by atoms with Gasteiger partial charge in [-0.25, -0.2) is 0 Å². The Balaban J connectivity index is 1.37. The number of carbonyl (C=O) groups excluding carboxylic acids is 2. The fraction of sp³-hybridized carbons (Fsp3) is 0.556. The number of thioether (sulfide) groups is 1. The van der Waals surface area contributed by atoms with Gasteiger partial charge in [-0.05, 0) is 18.6 Å². The second kappa shape index (κ2) is 9.22. The highest BCUT2D eigenvalue weighted by atomic mass is 32.2. The molecule has 2 aliphatic heterocycles. The van der Waals surface area contributed by atoms with Gasteiger partial charge in [0, 0.05) is 17.9 Å². The number of rotatable bonds is 7. The number of ether oxygens (including phenoxy) is 1. The largest absolute Gasteiger partial charge is 0.370 e. The first-order valence-corrected chi connectivity index (χ1v) is 9.93. The third-order valence-corrected chi connectivity index (χ3v) is 5.64. The van der Waals surface area contributed by atoms with Crippen LogP contribution in [0.5, 0.6) is 0 Å². The van der Waals surface area contributed by atoms with Gasteiger partial charge in [0.1, 0.15) is 13.1 Å². The molecule has 0 spiro atoms. The Hall–Kier alpha value is -1.57. The first-order chi connectivity index (χ1) is 12.2. The van der Waals surface area contributed by atoms with Gasteiger partial charge >= 0.3 is 0 Å². The topological polar surface area (TPSA) is 63.1 Å². The molecule has 0 bridgehead atoms. The van der Waals surface area contributed by atoms with E-state index in [-0.39, 0.29) is 11.8 Å². The average molecular weight is 364 g/mol.